The molecule has 0 aliphatic rings. The van der Waals surface area contributed by atoms with Gasteiger partial charge in [0.1, 0.15) is 0 Å². The standard InChI is InChI=1S/C10H14.C3H8O/c1-2-3-7-10-8-5-4-6-9-10;1-2-3-4/h4-6,8-9H,2-3,7H2,1H3;4H,2-3H2,1H3. The minimum atomic E-state index is 0.319. The van der Waals surface area contributed by atoms with E-state index in [-0.39, 0.29) is 0 Å². The summed E-state index contributed by atoms with van der Waals surface area (Å²) in [6, 6.07) is 10.6. The second-order valence-electron chi connectivity index (χ2n) is 3.31. The van der Waals surface area contributed by atoms with Gasteiger partial charge in [-0.25, -0.2) is 0 Å². The highest BCUT2D eigenvalue weighted by molar-refractivity contribution is 5.14. The lowest BCUT2D eigenvalue weighted by molar-refractivity contribution is 0.295. The zero-order valence-corrected chi connectivity index (χ0v) is 9.37. The Labute approximate surface area is 87.8 Å². The molecule has 0 radical (unpaired) electrons. The first kappa shape index (κ1) is 13.2. The molecule has 0 aromatic heterocycles. The van der Waals surface area contributed by atoms with Gasteiger partial charge in [0.25, 0.3) is 0 Å². The van der Waals surface area contributed by atoms with Crippen molar-refractivity contribution in [3.8, 4) is 0 Å². The monoisotopic (exact) mass is 194 g/mol. The second-order valence-corrected chi connectivity index (χ2v) is 3.31. The van der Waals surface area contributed by atoms with Crippen molar-refractivity contribution in [2.75, 3.05) is 6.61 Å². The molecule has 1 aromatic carbocycles. The molecule has 0 saturated carbocycles. The van der Waals surface area contributed by atoms with E-state index in [0.29, 0.717) is 6.61 Å². The molecule has 0 saturated heterocycles. The molecule has 0 amide bonds. The number of aliphatic hydroxyl groups is 1. The molecular weight excluding hydrogens is 172 g/mol. The van der Waals surface area contributed by atoms with Crippen molar-refractivity contribution in [2.24, 2.45) is 0 Å². The lowest BCUT2D eigenvalue weighted by Gasteiger charge is -1.96. The lowest BCUT2D eigenvalue weighted by atomic mass is 10.1. The van der Waals surface area contributed by atoms with Crippen LogP contribution in [0.5, 0.6) is 0 Å². The molecule has 1 N–H and O–H groups in total. The quantitative estimate of drug-likeness (QED) is 0.778. The van der Waals surface area contributed by atoms with E-state index in [1.54, 1.807) is 0 Å². The highest BCUT2D eigenvalue weighted by Crippen LogP contribution is 2.03. The summed E-state index contributed by atoms with van der Waals surface area (Å²) in [5.74, 6) is 0. The first-order valence-electron chi connectivity index (χ1n) is 5.49. The maximum Gasteiger partial charge on any atom is 0.0428 e. The van der Waals surface area contributed by atoms with E-state index in [1.165, 1.54) is 24.8 Å². The molecule has 1 aromatic rings. The van der Waals surface area contributed by atoms with Crippen molar-refractivity contribution in [3.05, 3.63) is 35.9 Å². The van der Waals surface area contributed by atoms with Crippen LogP contribution in [0, 0.1) is 0 Å². The predicted molar refractivity (Wildman–Crippen MR) is 62.4 cm³/mol. The molecule has 0 unspecified atom stereocenters. The number of benzene rings is 1. The van der Waals surface area contributed by atoms with E-state index >= 15 is 0 Å². The molecule has 0 aliphatic heterocycles. The Bertz CT molecular complexity index is 192. The summed E-state index contributed by atoms with van der Waals surface area (Å²) >= 11 is 0. The number of aliphatic hydroxyl groups excluding tert-OH is 1. The van der Waals surface area contributed by atoms with Gasteiger partial charge >= 0.3 is 0 Å². The molecule has 14 heavy (non-hydrogen) atoms. The molecule has 0 spiro atoms. The Hall–Kier alpha value is -0.820. The van der Waals surface area contributed by atoms with Crippen LogP contribution in [-0.4, -0.2) is 11.7 Å². The first-order chi connectivity index (χ1) is 6.85. The fourth-order valence-electron chi connectivity index (χ4n) is 1.03. The average Bonchev–Trinajstić information content (AvgIpc) is 2.28. The van der Waals surface area contributed by atoms with Gasteiger partial charge in [-0.05, 0) is 24.8 Å². The lowest BCUT2D eigenvalue weighted by Crippen LogP contribution is -1.81. The molecule has 1 rings (SSSR count). The predicted octanol–water partition coefficient (Wildman–Crippen LogP) is 3.42. The van der Waals surface area contributed by atoms with Gasteiger partial charge in [-0.2, -0.15) is 0 Å². The van der Waals surface area contributed by atoms with E-state index in [4.69, 9.17) is 5.11 Å². The van der Waals surface area contributed by atoms with Gasteiger partial charge in [-0.15, -0.1) is 0 Å². The number of hydrogen-bond acceptors (Lipinski definition) is 1. The van der Waals surface area contributed by atoms with Crippen LogP contribution >= 0.6 is 0 Å². The third-order valence-corrected chi connectivity index (χ3v) is 1.89. The van der Waals surface area contributed by atoms with Crippen molar-refractivity contribution < 1.29 is 5.11 Å². The molecule has 80 valence electrons. The Balaban J connectivity index is 0.000000364. The second kappa shape index (κ2) is 10.3. The largest absolute Gasteiger partial charge is 0.396 e. The molecule has 0 bridgehead atoms. The van der Waals surface area contributed by atoms with Gasteiger partial charge in [0.2, 0.25) is 0 Å². The van der Waals surface area contributed by atoms with Crippen LogP contribution in [0.15, 0.2) is 30.3 Å². The molecule has 0 atom stereocenters. The van der Waals surface area contributed by atoms with Crippen molar-refractivity contribution in [3.63, 3.8) is 0 Å². The summed E-state index contributed by atoms with van der Waals surface area (Å²) in [5.41, 5.74) is 1.46. The van der Waals surface area contributed by atoms with E-state index < -0.39 is 0 Å². The van der Waals surface area contributed by atoms with Crippen molar-refractivity contribution in [2.45, 2.75) is 39.5 Å². The minimum absolute atomic E-state index is 0.319. The van der Waals surface area contributed by atoms with Crippen LogP contribution in [0.2, 0.25) is 0 Å². The Kier molecular flexibility index (Phi) is 9.66. The smallest absolute Gasteiger partial charge is 0.0428 e. The molecule has 0 heterocycles. The van der Waals surface area contributed by atoms with Gasteiger partial charge in [0.15, 0.2) is 0 Å². The molecule has 0 aliphatic carbocycles. The summed E-state index contributed by atoms with van der Waals surface area (Å²) in [6.07, 6.45) is 4.70. The number of aryl methyl sites for hydroxylation is 1. The number of hydrogen-bond donors (Lipinski definition) is 1. The third-order valence-electron chi connectivity index (χ3n) is 1.89. The van der Waals surface area contributed by atoms with Crippen LogP contribution in [0.4, 0.5) is 0 Å². The normalized spacial score (nSPS) is 9.07. The van der Waals surface area contributed by atoms with E-state index in [0.717, 1.165) is 6.42 Å². The summed E-state index contributed by atoms with van der Waals surface area (Å²) in [5, 5.41) is 7.88. The Morgan fingerprint density at radius 1 is 1.00 bits per heavy atom. The number of unbranched alkanes of at least 4 members (excludes halogenated alkanes) is 1. The fourth-order valence-corrected chi connectivity index (χ4v) is 1.03. The maximum atomic E-state index is 7.88. The SMILES string of the molecule is CCCCc1ccccc1.CCCO. The summed E-state index contributed by atoms with van der Waals surface area (Å²) in [4.78, 5) is 0. The van der Waals surface area contributed by atoms with Gasteiger partial charge in [0.05, 0.1) is 0 Å². The summed E-state index contributed by atoms with van der Waals surface area (Å²) in [6.45, 7) is 4.48. The molecule has 0 fully saturated rings. The van der Waals surface area contributed by atoms with E-state index in [2.05, 4.69) is 37.3 Å². The summed E-state index contributed by atoms with van der Waals surface area (Å²) in [7, 11) is 0. The molecule has 1 heteroatoms. The van der Waals surface area contributed by atoms with E-state index in [1.807, 2.05) is 6.92 Å². The Morgan fingerprint density at radius 2 is 1.57 bits per heavy atom. The van der Waals surface area contributed by atoms with Crippen LogP contribution in [0.1, 0.15) is 38.7 Å². The van der Waals surface area contributed by atoms with Crippen LogP contribution in [0.25, 0.3) is 0 Å². The van der Waals surface area contributed by atoms with Crippen molar-refractivity contribution in [1.82, 2.24) is 0 Å². The third kappa shape index (κ3) is 7.81. The average molecular weight is 194 g/mol. The van der Waals surface area contributed by atoms with Gasteiger partial charge in [0, 0.05) is 6.61 Å². The van der Waals surface area contributed by atoms with Crippen LogP contribution < -0.4 is 0 Å². The van der Waals surface area contributed by atoms with Gasteiger partial charge < -0.3 is 5.11 Å². The van der Waals surface area contributed by atoms with Crippen molar-refractivity contribution >= 4 is 0 Å². The zero-order valence-electron chi connectivity index (χ0n) is 9.37. The maximum absolute atomic E-state index is 7.88. The van der Waals surface area contributed by atoms with Gasteiger partial charge in [-0.3, -0.25) is 0 Å². The molecule has 1 nitrogen and oxygen atoms in total. The minimum Gasteiger partial charge on any atom is -0.396 e. The van der Waals surface area contributed by atoms with E-state index in [9.17, 15) is 0 Å². The molecular formula is C13H22O. The highest BCUT2D eigenvalue weighted by Gasteiger charge is 1.87. The zero-order chi connectivity index (χ0) is 10.6. The van der Waals surface area contributed by atoms with Crippen LogP contribution in [0.3, 0.4) is 0 Å². The fraction of sp³-hybridized carbons (Fsp3) is 0.538. The van der Waals surface area contributed by atoms with Gasteiger partial charge in [-0.1, -0.05) is 50.6 Å². The van der Waals surface area contributed by atoms with Crippen LogP contribution in [-0.2, 0) is 6.42 Å². The summed E-state index contributed by atoms with van der Waals surface area (Å²) < 4.78 is 0. The highest BCUT2D eigenvalue weighted by atomic mass is 16.2. The number of rotatable bonds is 4. The Morgan fingerprint density at radius 3 is 2.00 bits per heavy atom. The first-order valence-corrected chi connectivity index (χ1v) is 5.49. The van der Waals surface area contributed by atoms with Crippen molar-refractivity contribution in [1.29, 1.82) is 0 Å². The topological polar surface area (TPSA) is 20.2 Å².